The van der Waals surface area contributed by atoms with Gasteiger partial charge in [0.2, 0.25) is 0 Å². The number of carbonyl (C=O) groups excluding carboxylic acids is 1. The molecular formula is C18H14BrNO2S. The van der Waals surface area contributed by atoms with Crippen LogP contribution < -0.4 is 5.56 Å². The Bertz CT molecular complexity index is 954. The van der Waals surface area contributed by atoms with Crippen molar-refractivity contribution in [2.45, 2.75) is 19.4 Å². The summed E-state index contributed by atoms with van der Waals surface area (Å²) >= 11 is 5.00. The zero-order valence-corrected chi connectivity index (χ0v) is 14.7. The molecule has 1 fully saturated rings. The van der Waals surface area contributed by atoms with Crippen LogP contribution in [0.25, 0.3) is 10.2 Å². The Hall–Kier alpha value is -1.72. The fourth-order valence-corrected chi connectivity index (χ4v) is 4.66. The highest BCUT2D eigenvalue weighted by molar-refractivity contribution is 9.11. The number of halogens is 1. The van der Waals surface area contributed by atoms with Crippen LogP contribution in [0.2, 0.25) is 0 Å². The normalized spacial score (nSPS) is 14.3. The SMILES string of the molecule is O=C(c1ccccc1)c1c(Br)sc2c1ccc(=O)n2CC1CC1. The Labute approximate surface area is 145 Å². The average molecular weight is 388 g/mol. The second kappa shape index (κ2) is 5.73. The van der Waals surface area contributed by atoms with E-state index in [0.717, 1.165) is 20.5 Å². The Morgan fingerprint density at radius 1 is 1.17 bits per heavy atom. The molecule has 3 nitrogen and oxygen atoms in total. The molecule has 0 bridgehead atoms. The van der Waals surface area contributed by atoms with E-state index < -0.39 is 0 Å². The summed E-state index contributed by atoms with van der Waals surface area (Å²) in [6.45, 7) is 0.752. The number of thiophene rings is 1. The molecule has 0 amide bonds. The first-order valence-corrected chi connectivity index (χ1v) is 9.17. The molecule has 4 rings (SSSR count). The maximum atomic E-state index is 12.9. The van der Waals surface area contributed by atoms with Crippen LogP contribution in [0.5, 0.6) is 0 Å². The molecule has 0 atom stereocenters. The van der Waals surface area contributed by atoms with E-state index in [0.29, 0.717) is 17.0 Å². The van der Waals surface area contributed by atoms with Crippen molar-refractivity contribution in [3.05, 3.63) is 67.7 Å². The molecule has 116 valence electrons. The third kappa shape index (κ3) is 2.68. The van der Waals surface area contributed by atoms with Gasteiger partial charge in [-0.25, -0.2) is 0 Å². The molecule has 0 N–H and O–H groups in total. The average Bonchev–Trinajstić information content (AvgIpc) is 3.32. The highest BCUT2D eigenvalue weighted by Crippen LogP contribution is 2.38. The summed E-state index contributed by atoms with van der Waals surface area (Å²) in [7, 11) is 0. The van der Waals surface area contributed by atoms with Crippen molar-refractivity contribution in [3.8, 4) is 0 Å². The molecule has 5 heteroatoms. The number of hydrogen-bond acceptors (Lipinski definition) is 3. The van der Waals surface area contributed by atoms with Gasteiger partial charge in [-0.15, -0.1) is 11.3 Å². The van der Waals surface area contributed by atoms with E-state index >= 15 is 0 Å². The predicted octanol–water partition coefficient (Wildman–Crippen LogP) is 4.47. The van der Waals surface area contributed by atoms with Gasteiger partial charge in [0.1, 0.15) is 4.83 Å². The quantitative estimate of drug-likeness (QED) is 0.619. The number of ketones is 1. The second-order valence-corrected chi connectivity index (χ2v) is 8.21. The lowest BCUT2D eigenvalue weighted by molar-refractivity contribution is 0.104. The number of fused-ring (bicyclic) bond motifs is 1. The van der Waals surface area contributed by atoms with Crippen LogP contribution in [0.15, 0.2) is 51.0 Å². The van der Waals surface area contributed by atoms with Gasteiger partial charge in [-0.2, -0.15) is 0 Å². The molecule has 1 saturated carbocycles. The van der Waals surface area contributed by atoms with Gasteiger partial charge in [0.05, 0.1) is 9.35 Å². The Morgan fingerprint density at radius 3 is 2.61 bits per heavy atom. The maximum absolute atomic E-state index is 12.9. The second-order valence-electron chi connectivity index (χ2n) is 5.89. The number of nitrogens with zero attached hydrogens (tertiary/aromatic N) is 1. The summed E-state index contributed by atoms with van der Waals surface area (Å²) in [5, 5.41) is 0.857. The Morgan fingerprint density at radius 2 is 1.91 bits per heavy atom. The number of aromatic nitrogens is 1. The summed E-state index contributed by atoms with van der Waals surface area (Å²) < 4.78 is 2.61. The molecular weight excluding hydrogens is 374 g/mol. The minimum absolute atomic E-state index is 0.0110. The molecule has 1 aliphatic rings. The standard InChI is InChI=1S/C18H14BrNO2S/c19-17-15(16(22)12-4-2-1-3-5-12)13-8-9-14(21)20(18(13)23-17)10-11-6-7-11/h1-5,8-9,11H,6-7,10H2. The van der Waals surface area contributed by atoms with Gasteiger partial charge >= 0.3 is 0 Å². The van der Waals surface area contributed by atoms with E-state index in [-0.39, 0.29) is 11.3 Å². The maximum Gasteiger partial charge on any atom is 0.251 e. The highest BCUT2D eigenvalue weighted by Gasteiger charge is 2.25. The van der Waals surface area contributed by atoms with Crippen molar-refractivity contribution in [1.29, 1.82) is 0 Å². The molecule has 2 aromatic heterocycles. The molecule has 0 unspecified atom stereocenters. The number of benzene rings is 1. The van der Waals surface area contributed by atoms with Gasteiger partial charge in [0.25, 0.3) is 5.56 Å². The first kappa shape index (κ1) is 14.8. The summed E-state index contributed by atoms with van der Waals surface area (Å²) in [4.78, 5) is 26.0. The molecule has 0 saturated heterocycles. The predicted molar refractivity (Wildman–Crippen MR) is 96.4 cm³/mol. The van der Waals surface area contributed by atoms with Crippen molar-refractivity contribution in [3.63, 3.8) is 0 Å². The summed E-state index contributed by atoms with van der Waals surface area (Å²) in [5.74, 6) is 0.591. The molecule has 2 heterocycles. The molecule has 0 radical (unpaired) electrons. The van der Waals surface area contributed by atoms with Gasteiger partial charge in [-0.05, 0) is 40.8 Å². The van der Waals surface area contributed by atoms with E-state index in [1.807, 2.05) is 34.9 Å². The lowest BCUT2D eigenvalue weighted by Crippen LogP contribution is -2.19. The van der Waals surface area contributed by atoms with Crippen LogP contribution in [-0.2, 0) is 6.54 Å². The monoisotopic (exact) mass is 387 g/mol. The molecule has 3 aromatic rings. The van der Waals surface area contributed by atoms with Gasteiger partial charge in [-0.3, -0.25) is 14.2 Å². The van der Waals surface area contributed by atoms with E-state index in [2.05, 4.69) is 15.9 Å². The van der Waals surface area contributed by atoms with Gasteiger partial charge in [-0.1, -0.05) is 30.3 Å². The van der Waals surface area contributed by atoms with Crippen LogP contribution in [0.4, 0.5) is 0 Å². The lowest BCUT2D eigenvalue weighted by Gasteiger charge is -2.06. The number of rotatable bonds is 4. The lowest BCUT2D eigenvalue weighted by atomic mass is 10.0. The first-order chi connectivity index (χ1) is 11.1. The van der Waals surface area contributed by atoms with Gasteiger partial charge in [0.15, 0.2) is 5.78 Å². The van der Waals surface area contributed by atoms with Crippen molar-refractivity contribution >= 4 is 43.3 Å². The van der Waals surface area contributed by atoms with Crippen molar-refractivity contribution < 1.29 is 4.79 Å². The highest BCUT2D eigenvalue weighted by atomic mass is 79.9. The van der Waals surface area contributed by atoms with E-state index in [1.54, 1.807) is 12.1 Å². The third-order valence-electron chi connectivity index (χ3n) is 4.19. The van der Waals surface area contributed by atoms with Crippen LogP contribution >= 0.6 is 27.3 Å². The first-order valence-electron chi connectivity index (χ1n) is 7.57. The number of hydrogen-bond donors (Lipinski definition) is 0. The van der Waals surface area contributed by atoms with Crippen LogP contribution in [0.1, 0.15) is 28.8 Å². The third-order valence-corrected chi connectivity index (χ3v) is 6.09. The summed E-state index contributed by atoms with van der Waals surface area (Å²) in [6.07, 6.45) is 2.37. The number of carbonyl (C=O) groups is 1. The minimum atomic E-state index is -0.0136. The fraction of sp³-hybridized carbons (Fsp3) is 0.222. The van der Waals surface area contributed by atoms with Crippen LogP contribution in [0, 0.1) is 5.92 Å². The molecule has 0 aliphatic heterocycles. The topological polar surface area (TPSA) is 39.1 Å². The Balaban J connectivity index is 1.89. The molecule has 23 heavy (non-hydrogen) atoms. The molecule has 1 aliphatic carbocycles. The van der Waals surface area contributed by atoms with E-state index in [4.69, 9.17) is 0 Å². The zero-order valence-electron chi connectivity index (χ0n) is 12.3. The van der Waals surface area contributed by atoms with Crippen molar-refractivity contribution in [2.24, 2.45) is 5.92 Å². The van der Waals surface area contributed by atoms with Gasteiger partial charge in [0, 0.05) is 23.6 Å². The zero-order chi connectivity index (χ0) is 16.0. The van der Waals surface area contributed by atoms with E-state index in [9.17, 15) is 9.59 Å². The number of pyridine rings is 1. The van der Waals surface area contributed by atoms with Crippen molar-refractivity contribution in [2.75, 3.05) is 0 Å². The van der Waals surface area contributed by atoms with Crippen LogP contribution in [0.3, 0.4) is 0 Å². The summed E-state index contributed by atoms with van der Waals surface area (Å²) in [5.41, 5.74) is 1.32. The molecule has 1 aromatic carbocycles. The van der Waals surface area contributed by atoms with Gasteiger partial charge < -0.3 is 0 Å². The van der Waals surface area contributed by atoms with E-state index in [1.165, 1.54) is 24.2 Å². The fourth-order valence-electron chi connectivity index (χ4n) is 2.78. The Kier molecular flexibility index (Phi) is 3.70. The minimum Gasteiger partial charge on any atom is -0.299 e. The van der Waals surface area contributed by atoms with Crippen LogP contribution in [-0.4, -0.2) is 10.4 Å². The summed E-state index contributed by atoms with van der Waals surface area (Å²) in [6, 6.07) is 12.6. The smallest absolute Gasteiger partial charge is 0.251 e. The van der Waals surface area contributed by atoms with Crippen molar-refractivity contribution in [1.82, 2.24) is 4.57 Å². The molecule has 0 spiro atoms. The largest absolute Gasteiger partial charge is 0.299 e.